The van der Waals surface area contributed by atoms with Crippen molar-refractivity contribution in [2.75, 3.05) is 0 Å². The van der Waals surface area contributed by atoms with Crippen LogP contribution in [0.25, 0.3) is 22.3 Å². The van der Waals surface area contributed by atoms with Gasteiger partial charge in [0, 0.05) is 9.89 Å². The summed E-state index contributed by atoms with van der Waals surface area (Å²) in [6.45, 7) is 4.63. The molecule has 3 aromatic rings. The van der Waals surface area contributed by atoms with Gasteiger partial charge < -0.3 is 0 Å². The van der Waals surface area contributed by atoms with Gasteiger partial charge in [-0.05, 0) is 39.4 Å². The minimum Gasteiger partial charge on any atom is -0.0622 e. The first-order valence-electron chi connectivity index (χ1n) is 7.59. The minimum atomic E-state index is 0.0234. The van der Waals surface area contributed by atoms with Crippen LogP contribution in [-0.4, -0.2) is 0 Å². The van der Waals surface area contributed by atoms with Crippen LogP contribution in [0.4, 0.5) is 0 Å². The Morgan fingerprint density at radius 2 is 1.41 bits per heavy atom. The van der Waals surface area contributed by atoms with E-state index in [-0.39, 0.29) is 5.41 Å². The van der Waals surface area contributed by atoms with Crippen LogP contribution in [0.15, 0.2) is 71.2 Å². The lowest BCUT2D eigenvalue weighted by Crippen LogP contribution is -2.15. The molecular formula is C21H17Br. The normalized spacial score (nSPS) is 14.5. The van der Waals surface area contributed by atoms with Crippen molar-refractivity contribution in [1.29, 1.82) is 0 Å². The first kappa shape index (κ1) is 13.8. The van der Waals surface area contributed by atoms with Crippen LogP contribution in [0.2, 0.25) is 0 Å². The summed E-state index contributed by atoms with van der Waals surface area (Å²) in [5.74, 6) is 0. The number of fused-ring (bicyclic) bond motifs is 3. The highest BCUT2D eigenvalue weighted by Gasteiger charge is 2.38. The van der Waals surface area contributed by atoms with Crippen molar-refractivity contribution in [1.82, 2.24) is 0 Å². The summed E-state index contributed by atoms with van der Waals surface area (Å²) in [6.07, 6.45) is 0. The Labute approximate surface area is 140 Å². The maximum absolute atomic E-state index is 3.79. The van der Waals surface area contributed by atoms with Gasteiger partial charge in [-0.2, -0.15) is 0 Å². The van der Waals surface area contributed by atoms with E-state index in [4.69, 9.17) is 0 Å². The van der Waals surface area contributed by atoms with Gasteiger partial charge in [0.2, 0.25) is 0 Å². The van der Waals surface area contributed by atoms with Crippen molar-refractivity contribution < 1.29 is 0 Å². The zero-order chi connectivity index (χ0) is 15.3. The van der Waals surface area contributed by atoms with Crippen molar-refractivity contribution >= 4 is 15.9 Å². The SMILES string of the molecule is CC1(C)c2ccccc2-c2c(-c3ccccc3)ccc(Br)c21. The lowest BCUT2D eigenvalue weighted by Gasteiger charge is -2.23. The van der Waals surface area contributed by atoms with Gasteiger partial charge in [0.05, 0.1) is 0 Å². The van der Waals surface area contributed by atoms with Crippen molar-refractivity contribution in [3.63, 3.8) is 0 Å². The molecule has 0 radical (unpaired) electrons. The maximum Gasteiger partial charge on any atom is 0.0222 e. The maximum atomic E-state index is 3.79. The van der Waals surface area contributed by atoms with Crippen LogP contribution >= 0.6 is 15.9 Å². The summed E-state index contributed by atoms with van der Waals surface area (Å²) in [7, 11) is 0. The van der Waals surface area contributed by atoms with Gasteiger partial charge in [-0.15, -0.1) is 0 Å². The van der Waals surface area contributed by atoms with Crippen molar-refractivity contribution in [3.8, 4) is 22.3 Å². The van der Waals surface area contributed by atoms with Crippen molar-refractivity contribution in [2.45, 2.75) is 19.3 Å². The van der Waals surface area contributed by atoms with Gasteiger partial charge in [0.15, 0.2) is 0 Å². The number of hydrogen-bond donors (Lipinski definition) is 0. The molecule has 4 rings (SSSR count). The second kappa shape index (κ2) is 4.82. The molecule has 0 aromatic heterocycles. The number of halogens is 1. The van der Waals surface area contributed by atoms with Gasteiger partial charge in [0.1, 0.15) is 0 Å². The summed E-state index contributed by atoms with van der Waals surface area (Å²) >= 11 is 3.79. The zero-order valence-corrected chi connectivity index (χ0v) is 14.3. The lowest BCUT2D eigenvalue weighted by atomic mass is 9.82. The predicted octanol–water partition coefficient (Wildman–Crippen LogP) is 6.42. The summed E-state index contributed by atoms with van der Waals surface area (Å²) in [4.78, 5) is 0. The van der Waals surface area contributed by atoms with Gasteiger partial charge in [-0.25, -0.2) is 0 Å². The van der Waals surface area contributed by atoms with E-state index in [1.54, 1.807) is 0 Å². The summed E-state index contributed by atoms with van der Waals surface area (Å²) in [6, 6.07) is 23.9. The standard InChI is InChI=1S/C21H17Br/c1-21(2)17-11-7-6-10-16(17)19-15(12-13-18(22)20(19)21)14-8-4-3-5-9-14/h3-13H,1-2H3. The largest absolute Gasteiger partial charge is 0.0622 e. The Hall–Kier alpha value is -1.86. The molecular weight excluding hydrogens is 332 g/mol. The molecule has 1 aliphatic carbocycles. The highest BCUT2D eigenvalue weighted by Crippen LogP contribution is 2.54. The number of rotatable bonds is 1. The Kier molecular flexibility index (Phi) is 3.02. The van der Waals surface area contributed by atoms with E-state index in [0.717, 1.165) is 0 Å². The highest BCUT2D eigenvalue weighted by atomic mass is 79.9. The molecule has 0 bridgehead atoms. The second-order valence-corrected chi connectivity index (χ2v) is 7.24. The molecule has 1 aliphatic rings. The average Bonchev–Trinajstić information content (AvgIpc) is 2.78. The molecule has 1 heteroatoms. The van der Waals surface area contributed by atoms with Gasteiger partial charge >= 0.3 is 0 Å². The topological polar surface area (TPSA) is 0 Å². The molecule has 0 unspecified atom stereocenters. The van der Waals surface area contributed by atoms with Gasteiger partial charge in [-0.1, -0.05) is 90.4 Å². The van der Waals surface area contributed by atoms with Crippen LogP contribution in [0.1, 0.15) is 25.0 Å². The van der Waals surface area contributed by atoms with Crippen LogP contribution < -0.4 is 0 Å². The molecule has 0 saturated heterocycles. The fourth-order valence-electron chi connectivity index (χ4n) is 3.71. The Morgan fingerprint density at radius 1 is 0.727 bits per heavy atom. The zero-order valence-electron chi connectivity index (χ0n) is 12.7. The van der Waals surface area contributed by atoms with E-state index in [1.807, 2.05) is 0 Å². The van der Waals surface area contributed by atoms with Crippen molar-refractivity contribution in [3.05, 3.63) is 82.3 Å². The fourth-order valence-corrected chi connectivity index (χ4v) is 4.53. The fraction of sp³-hybridized carbons (Fsp3) is 0.143. The van der Waals surface area contributed by atoms with Crippen LogP contribution in [0, 0.1) is 0 Å². The molecule has 0 amide bonds. The summed E-state index contributed by atoms with van der Waals surface area (Å²) in [5, 5.41) is 0. The van der Waals surface area contributed by atoms with Crippen LogP contribution in [0.3, 0.4) is 0 Å². The Bertz CT molecular complexity index is 860. The monoisotopic (exact) mass is 348 g/mol. The second-order valence-electron chi connectivity index (χ2n) is 6.38. The Morgan fingerprint density at radius 3 is 2.18 bits per heavy atom. The predicted molar refractivity (Wildman–Crippen MR) is 97.1 cm³/mol. The molecule has 0 nitrogen and oxygen atoms in total. The van der Waals surface area contributed by atoms with E-state index >= 15 is 0 Å². The minimum absolute atomic E-state index is 0.0234. The molecule has 3 aromatic carbocycles. The lowest BCUT2D eigenvalue weighted by molar-refractivity contribution is 0.657. The van der Waals surface area contributed by atoms with Crippen LogP contribution in [-0.2, 0) is 5.41 Å². The molecule has 108 valence electrons. The first-order valence-corrected chi connectivity index (χ1v) is 8.38. The summed E-state index contributed by atoms with van der Waals surface area (Å²) in [5.41, 5.74) is 8.17. The smallest absolute Gasteiger partial charge is 0.0222 e. The molecule has 0 atom stereocenters. The summed E-state index contributed by atoms with van der Waals surface area (Å²) < 4.78 is 1.20. The van der Waals surface area contributed by atoms with Gasteiger partial charge in [0.25, 0.3) is 0 Å². The molecule has 22 heavy (non-hydrogen) atoms. The molecule has 0 N–H and O–H groups in total. The van der Waals surface area contributed by atoms with E-state index < -0.39 is 0 Å². The molecule has 0 aliphatic heterocycles. The van der Waals surface area contributed by atoms with E-state index in [1.165, 1.54) is 37.9 Å². The van der Waals surface area contributed by atoms with Crippen molar-refractivity contribution in [2.24, 2.45) is 0 Å². The van der Waals surface area contributed by atoms with E-state index in [2.05, 4.69) is 96.5 Å². The van der Waals surface area contributed by atoms with Gasteiger partial charge in [-0.3, -0.25) is 0 Å². The Balaban J connectivity index is 2.12. The third-order valence-electron chi connectivity index (χ3n) is 4.73. The molecule has 0 heterocycles. The first-order chi connectivity index (χ1) is 10.6. The van der Waals surface area contributed by atoms with E-state index in [9.17, 15) is 0 Å². The quantitative estimate of drug-likeness (QED) is 0.475. The number of hydrogen-bond acceptors (Lipinski definition) is 0. The molecule has 0 fully saturated rings. The third kappa shape index (κ3) is 1.82. The average molecular weight is 349 g/mol. The molecule has 0 spiro atoms. The molecule has 0 saturated carbocycles. The third-order valence-corrected chi connectivity index (χ3v) is 5.39. The number of benzene rings is 3. The van der Waals surface area contributed by atoms with Crippen LogP contribution in [0.5, 0.6) is 0 Å². The van der Waals surface area contributed by atoms with E-state index in [0.29, 0.717) is 0 Å². The highest BCUT2D eigenvalue weighted by molar-refractivity contribution is 9.10.